The Morgan fingerprint density at radius 1 is 0.944 bits per heavy atom. The molecule has 1 aromatic rings. The molecule has 1 aromatic heterocycles. The lowest BCUT2D eigenvalue weighted by Crippen LogP contribution is -2.47. The number of halogens is 4. The van der Waals surface area contributed by atoms with Crippen molar-refractivity contribution in [1.82, 2.24) is 14.9 Å². The van der Waals surface area contributed by atoms with Crippen molar-refractivity contribution in [3.63, 3.8) is 0 Å². The Morgan fingerprint density at radius 2 is 1.44 bits per heavy atom. The number of anilines is 1. The second-order valence-corrected chi connectivity index (χ2v) is 4.10. The number of aromatic nitrogens is 1. The molecular formula is C10H12F4N4. The zero-order valence-corrected chi connectivity index (χ0v) is 9.68. The maximum atomic E-state index is 13.3. The van der Waals surface area contributed by atoms with E-state index in [0.29, 0.717) is 26.2 Å². The predicted octanol–water partition coefficient (Wildman–Crippen LogP) is 1.21. The Balaban J connectivity index is 2.18. The van der Waals surface area contributed by atoms with Crippen LogP contribution < -0.4 is 5.43 Å². The standard InChI is InChI=1S/C10H12F4N4/c1-17-2-4-18(5-3-17)16-8-6(11)9(13)15-10(14)7(8)12/h2-5H2,1H3,(H,15,16). The maximum Gasteiger partial charge on any atom is 0.253 e. The van der Waals surface area contributed by atoms with Gasteiger partial charge in [-0.15, -0.1) is 0 Å². The second-order valence-electron chi connectivity index (χ2n) is 4.10. The monoisotopic (exact) mass is 264 g/mol. The van der Waals surface area contributed by atoms with Crippen LogP contribution in [0.15, 0.2) is 0 Å². The van der Waals surface area contributed by atoms with Crippen molar-refractivity contribution in [2.75, 3.05) is 38.7 Å². The molecule has 1 saturated heterocycles. The van der Waals surface area contributed by atoms with Gasteiger partial charge in [0.15, 0.2) is 0 Å². The number of nitrogens with one attached hydrogen (secondary N) is 1. The highest BCUT2D eigenvalue weighted by molar-refractivity contribution is 5.44. The highest BCUT2D eigenvalue weighted by atomic mass is 19.2. The van der Waals surface area contributed by atoms with Gasteiger partial charge in [0.05, 0.1) is 0 Å². The summed E-state index contributed by atoms with van der Waals surface area (Å²) in [5, 5.41) is 1.50. The summed E-state index contributed by atoms with van der Waals surface area (Å²) in [7, 11) is 1.91. The van der Waals surface area contributed by atoms with Gasteiger partial charge in [-0.1, -0.05) is 0 Å². The molecule has 0 atom stereocenters. The van der Waals surface area contributed by atoms with Crippen LogP contribution in [0.3, 0.4) is 0 Å². The Kier molecular flexibility index (Phi) is 3.67. The molecule has 1 aliphatic rings. The molecule has 0 bridgehead atoms. The highest BCUT2D eigenvalue weighted by Crippen LogP contribution is 2.22. The van der Waals surface area contributed by atoms with Crippen molar-refractivity contribution >= 4 is 5.69 Å². The zero-order valence-electron chi connectivity index (χ0n) is 9.68. The second kappa shape index (κ2) is 5.07. The van der Waals surface area contributed by atoms with Crippen LogP contribution in [0.25, 0.3) is 0 Å². The van der Waals surface area contributed by atoms with E-state index in [-0.39, 0.29) is 0 Å². The summed E-state index contributed by atoms with van der Waals surface area (Å²) in [6, 6.07) is 0. The summed E-state index contributed by atoms with van der Waals surface area (Å²) >= 11 is 0. The molecular weight excluding hydrogens is 252 g/mol. The van der Waals surface area contributed by atoms with E-state index < -0.39 is 29.2 Å². The van der Waals surface area contributed by atoms with Crippen molar-refractivity contribution in [2.24, 2.45) is 0 Å². The van der Waals surface area contributed by atoms with E-state index in [9.17, 15) is 17.6 Å². The van der Waals surface area contributed by atoms with Crippen LogP contribution in [0.4, 0.5) is 23.2 Å². The van der Waals surface area contributed by atoms with Crippen LogP contribution in [0.1, 0.15) is 0 Å². The Hall–Kier alpha value is -1.41. The van der Waals surface area contributed by atoms with Crippen LogP contribution in [0.5, 0.6) is 0 Å². The average molecular weight is 264 g/mol. The smallest absolute Gasteiger partial charge is 0.253 e. The number of rotatable bonds is 2. The lowest BCUT2D eigenvalue weighted by atomic mass is 10.3. The fourth-order valence-electron chi connectivity index (χ4n) is 1.66. The summed E-state index contributed by atoms with van der Waals surface area (Å²) in [6.07, 6.45) is 0. The SMILES string of the molecule is CN1CCN(Nc2c(F)c(F)nc(F)c2F)CC1. The summed E-state index contributed by atoms with van der Waals surface area (Å²) in [5.41, 5.74) is 1.51. The van der Waals surface area contributed by atoms with Crippen LogP contribution in [0, 0.1) is 23.5 Å². The first-order chi connectivity index (χ1) is 8.49. The molecule has 1 N–H and O–H groups in total. The first-order valence-electron chi connectivity index (χ1n) is 5.39. The maximum absolute atomic E-state index is 13.3. The molecule has 1 aliphatic heterocycles. The predicted molar refractivity (Wildman–Crippen MR) is 56.8 cm³/mol. The average Bonchev–Trinajstić information content (AvgIpc) is 2.34. The molecule has 100 valence electrons. The number of hydrogen-bond donors (Lipinski definition) is 1. The molecule has 0 aliphatic carbocycles. The van der Waals surface area contributed by atoms with E-state index in [4.69, 9.17) is 0 Å². The van der Waals surface area contributed by atoms with Crippen molar-refractivity contribution in [1.29, 1.82) is 0 Å². The molecule has 2 heterocycles. The molecule has 4 nitrogen and oxygen atoms in total. The van der Waals surface area contributed by atoms with Crippen molar-refractivity contribution in [3.05, 3.63) is 23.5 Å². The first kappa shape index (κ1) is 13.0. The molecule has 0 radical (unpaired) electrons. The number of likely N-dealkylation sites (N-methyl/N-ethyl adjacent to an activating group) is 1. The first-order valence-corrected chi connectivity index (χ1v) is 5.39. The molecule has 0 unspecified atom stereocenters. The lowest BCUT2D eigenvalue weighted by Gasteiger charge is -2.33. The van der Waals surface area contributed by atoms with Gasteiger partial charge in [-0.3, -0.25) is 0 Å². The number of hydrazine groups is 1. The van der Waals surface area contributed by atoms with Crippen LogP contribution in [0.2, 0.25) is 0 Å². The number of hydrogen-bond acceptors (Lipinski definition) is 4. The summed E-state index contributed by atoms with van der Waals surface area (Å²) in [5.74, 6) is -6.36. The summed E-state index contributed by atoms with van der Waals surface area (Å²) in [6.45, 7) is 2.35. The number of piperazine rings is 1. The summed E-state index contributed by atoms with van der Waals surface area (Å²) < 4.78 is 52.4. The third-order valence-corrected chi connectivity index (χ3v) is 2.77. The normalized spacial score (nSPS) is 18.1. The van der Waals surface area contributed by atoms with Crippen molar-refractivity contribution in [3.8, 4) is 0 Å². The van der Waals surface area contributed by atoms with Gasteiger partial charge in [-0.2, -0.15) is 22.5 Å². The van der Waals surface area contributed by atoms with Crippen LogP contribution in [-0.2, 0) is 0 Å². The van der Waals surface area contributed by atoms with Crippen LogP contribution in [-0.4, -0.2) is 48.1 Å². The Morgan fingerprint density at radius 3 is 1.94 bits per heavy atom. The van der Waals surface area contributed by atoms with Gasteiger partial charge in [0, 0.05) is 26.2 Å². The fourth-order valence-corrected chi connectivity index (χ4v) is 1.66. The molecule has 0 aromatic carbocycles. The van der Waals surface area contributed by atoms with Gasteiger partial charge in [-0.25, -0.2) is 5.01 Å². The minimum absolute atomic E-state index is 0.487. The Labute approximate surface area is 101 Å². The van der Waals surface area contributed by atoms with Crippen molar-refractivity contribution < 1.29 is 17.6 Å². The van der Waals surface area contributed by atoms with E-state index in [1.54, 1.807) is 0 Å². The van der Waals surface area contributed by atoms with Gasteiger partial charge >= 0.3 is 0 Å². The third-order valence-electron chi connectivity index (χ3n) is 2.77. The quantitative estimate of drug-likeness (QED) is 0.642. The topological polar surface area (TPSA) is 31.4 Å². The molecule has 18 heavy (non-hydrogen) atoms. The van der Waals surface area contributed by atoms with Gasteiger partial charge in [-0.05, 0) is 7.05 Å². The van der Waals surface area contributed by atoms with Gasteiger partial charge in [0.1, 0.15) is 5.69 Å². The molecule has 0 spiro atoms. The fraction of sp³-hybridized carbons (Fsp3) is 0.500. The van der Waals surface area contributed by atoms with Crippen LogP contribution >= 0.6 is 0 Å². The highest BCUT2D eigenvalue weighted by Gasteiger charge is 2.23. The van der Waals surface area contributed by atoms with E-state index in [1.807, 2.05) is 11.9 Å². The van der Waals surface area contributed by atoms with E-state index >= 15 is 0 Å². The molecule has 2 rings (SSSR count). The summed E-state index contributed by atoms with van der Waals surface area (Å²) in [4.78, 5) is 4.51. The van der Waals surface area contributed by atoms with Gasteiger partial charge in [0.2, 0.25) is 11.6 Å². The zero-order chi connectivity index (χ0) is 13.3. The molecule has 0 saturated carbocycles. The molecule has 1 fully saturated rings. The minimum atomic E-state index is -1.66. The Bertz CT molecular complexity index is 420. The third kappa shape index (κ3) is 2.54. The van der Waals surface area contributed by atoms with E-state index in [0.717, 1.165) is 0 Å². The largest absolute Gasteiger partial charge is 0.313 e. The van der Waals surface area contributed by atoms with Gasteiger partial charge < -0.3 is 10.3 Å². The number of nitrogens with zero attached hydrogens (tertiary/aromatic N) is 3. The molecule has 0 amide bonds. The number of pyridine rings is 1. The van der Waals surface area contributed by atoms with E-state index in [1.165, 1.54) is 5.01 Å². The minimum Gasteiger partial charge on any atom is -0.313 e. The molecule has 8 heteroatoms. The lowest BCUT2D eigenvalue weighted by molar-refractivity contribution is 0.177. The van der Waals surface area contributed by atoms with Crippen molar-refractivity contribution in [2.45, 2.75) is 0 Å². The van der Waals surface area contributed by atoms with E-state index in [2.05, 4.69) is 10.4 Å². The van der Waals surface area contributed by atoms with Gasteiger partial charge in [0.25, 0.3) is 11.9 Å².